The molecule has 0 saturated heterocycles. The zero-order valence-electron chi connectivity index (χ0n) is 41.7. The molecule has 0 bridgehead atoms. The number of likely N-dealkylation sites (N-methyl/N-ethyl adjacent to an activating group) is 1. The molecule has 0 unspecified atom stereocenters. The van der Waals surface area contributed by atoms with Crippen LogP contribution in [0, 0.1) is 0 Å². The van der Waals surface area contributed by atoms with E-state index in [1.165, 1.54) is 11.1 Å². The number of nitrogens with two attached hydrogens (primary N) is 3. The maximum atomic E-state index is 8.73. The highest BCUT2D eigenvalue weighted by Gasteiger charge is 2.41. The van der Waals surface area contributed by atoms with Crippen LogP contribution in [0.4, 0.5) is 5.69 Å². The minimum absolute atomic E-state index is 0.192. The summed E-state index contributed by atoms with van der Waals surface area (Å²) in [6.45, 7) is 12.7. The lowest BCUT2D eigenvalue weighted by Gasteiger charge is -2.28. The van der Waals surface area contributed by atoms with E-state index in [4.69, 9.17) is 75.4 Å². The van der Waals surface area contributed by atoms with Crippen molar-refractivity contribution < 1.29 is 58.2 Å². The number of anilines is 1. The number of rotatable bonds is 33. The Kier molecular flexibility index (Phi) is 39.7. The fourth-order valence-electron chi connectivity index (χ4n) is 6.27. The van der Waals surface area contributed by atoms with Crippen LogP contribution in [0.3, 0.4) is 0 Å². The Labute approximate surface area is 391 Å². The molecule has 376 valence electrons. The number of hydrogen-bond acceptors (Lipinski definition) is 18. The van der Waals surface area contributed by atoms with E-state index in [0.717, 1.165) is 75.2 Å². The summed E-state index contributed by atoms with van der Waals surface area (Å²) in [5, 5.41) is 12.9. The van der Waals surface area contributed by atoms with Crippen LogP contribution in [0.5, 0.6) is 0 Å². The SMILES string of the molecule is CCO[Si](CCCCN)(OCC)OCC.CO[Si](CCCN(C)CCO)(OC)OC.CO[Si](CCc1cccc(CNCCN)c1)(OC)OC.CO[Si](OC)(OC)c1ccc(N)cc1. The zero-order chi connectivity index (χ0) is 48.8. The summed E-state index contributed by atoms with van der Waals surface area (Å²) in [6.07, 6.45) is 3.84. The molecule has 0 fully saturated rings. The van der Waals surface area contributed by atoms with Crippen molar-refractivity contribution in [3.8, 4) is 0 Å². The maximum absolute atomic E-state index is 8.73. The molecular weight excluding hydrogens is 895 g/mol. The largest absolute Gasteiger partial charge is 0.536 e. The van der Waals surface area contributed by atoms with Gasteiger partial charge in [-0.25, -0.2) is 0 Å². The predicted octanol–water partition coefficient (Wildman–Crippen LogP) is 3.46. The van der Waals surface area contributed by atoms with Gasteiger partial charge in [0.15, 0.2) is 0 Å². The van der Waals surface area contributed by atoms with E-state index in [1.807, 2.05) is 40.0 Å². The van der Waals surface area contributed by atoms with Gasteiger partial charge in [0.1, 0.15) is 0 Å². The molecule has 22 heteroatoms. The molecule has 0 aliphatic heterocycles. The van der Waals surface area contributed by atoms with E-state index in [1.54, 1.807) is 76.1 Å². The molecule has 0 spiro atoms. The van der Waals surface area contributed by atoms with Crippen LogP contribution in [0.25, 0.3) is 0 Å². The Morgan fingerprint density at radius 2 is 1.06 bits per heavy atom. The summed E-state index contributed by atoms with van der Waals surface area (Å²) in [5.41, 5.74) is 19.8. The summed E-state index contributed by atoms with van der Waals surface area (Å²) in [6, 6.07) is 18.3. The van der Waals surface area contributed by atoms with E-state index < -0.39 is 35.2 Å². The van der Waals surface area contributed by atoms with Crippen molar-refractivity contribution in [2.45, 2.75) is 71.1 Å². The predicted molar refractivity (Wildman–Crippen MR) is 264 cm³/mol. The summed E-state index contributed by atoms with van der Waals surface area (Å²) in [5.74, 6) is 0. The number of benzene rings is 2. The third kappa shape index (κ3) is 26.1. The van der Waals surface area contributed by atoms with Crippen molar-refractivity contribution in [3.05, 3.63) is 59.7 Å². The summed E-state index contributed by atoms with van der Waals surface area (Å²) < 4.78 is 65.3. The van der Waals surface area contributed by atoms with Gasteiger partial charge >= 0.3 is 35.2 Å². The first-order valence-corrected chi connectivity index (χ1v) is 29.5. The number of nitrogens with one attached hydrogen (secondary N) is 1. The van der Waals surface area contributed by atoms with Crippen molar-refractivity contribution >= 4 is 46.1 Å². The lowest BCUT2D eigenvalue weighted by molar-refractivity contribution is 0.0707. The van der Waals surface area contributed by atoms with E-state index in [9.17, 15) is 0 Å². The second-order valence-corrected chi connectivity index (χ2v) is 25.9. The highest BCUT2D eigenvalue weighted by molar-refractivity contribution is 6.75. The monoisotopic (exact) mass is 984 g/mol. The number of nitrogens with zero attached hydrogens (tertiary/aromatic N) is 1. The van der Waals surface area contributed by atoms with Gasteiger partial charge in [0.05, 0.1) is 6.61 Å². The summed E-state index contributed by atoms with van der Waals surface area (Å²) >= 11 is 0. The van der Waals surface area contributed by atoms with Gasteiger partial charge in [-0.3, -0.25) is 0 Å². The summed E-state index contributed by atoms with van der Waals surface area (Å²) in [7, 11) is 6.58. The van der Waals surface area contributed by atoms with Crippen LogP contribution in [0.1, 0.15) is 51.2 Å². The van der Waals surface area contributed by atoms with Gasteiger partial charge < -0.3 is 85.6 Å². The zero-order valence-corrected chi connectivity index (χ0v) is 45.7. The molecule has 0 aliphatic rings. The summed E-state index contributed by atoms with van der Waals surface area (Å²) in [4.78, 5) is 2.07. The van der Waals surface area contributed by atoms with Crippen molar-refractivity contribution in [1.29, 1.82) is 0 Å². The smallest absolute Gasteiger partial charge is 0.399 e. The Balaban J connectivity index is 0. The number of nitrogen functional groups attached to an aromatic ring is 1. The van der Waals surface area contributed by atoms with E-state index in [-0.39, 0.29) is 6.61 Å². The Morgan fingerprint density at radius 1 is 0.578 bits per heavy atom. The van der Waals surface area contributed by atoms with Crippen molar-refractivity contribution in [2.24, 2.45) is 11.5 Å². The minimum Gasteiger partial charge on any atom is -0.399 e. The van der Waals surface area contributed by atoms with Crippen LogP contribution in [0.2, 0.25) is 18.1 Å². The standard InChI is InChI=1S/C14H26N2O3Si.C10H25NO3Si.C9H23NO4Si.C9H15NO3Si/c1-17-20(18-2,19-3)10-7-13-5-4-6-14(11-13)12-16-9-8-15;1-4-12-15(13-5-2,14-6-3)10-8-7-9-11;1-10(7-8-11)6-5-9-15(12-2,13-3)14-4;1-11-14(12-2,13-3)9-6-4-8(10)5-7-9/h4-6,11,16H,7-10,12,15H2,1-3H3;4-11H2,1-3H3;11H,5-9H2,1-4H3;4-7H,10H2,1-3H3. The molecule has 2 aromatic rings. The number of aryl methyl sites for hydroxylation is 1. The first-order chi connectivity index (χ1) is 30.8. The molecule has 64 heavy (non-hydrogen) atoms. The molecule has 0 aromatic heterocycles. The number of hydrogen-bond donors (Lipinski definition) is 5. The van der Waals surface area contributed by atoms with Crippen LogP contribution < -0.4 is 27.7 Å². The molecule has 0 aliphatic carbocycles. The average molecular weight is 985 g/mol. The Morgan fingerprint density at radius 3 is 1.50 bits per heavy atom. The first-order valence-electron chi connectivity index (χ1n) is 22.0. The molecular formula is C42H89N5O13Si4. The van der Waals surface area contributed by atoms with Gasteiger partial charge in [-0.05, 0) is 89.9 Å². The number of unbranched alkanes of at least 4 members (excludes halogenated alkanes) is 1. The lowest BCUT2D eigenvalue weighted by atomic mass is 10.1. The molecule has 0 atom stereocenters. The van der Waals surface area contributed by atoms with Crippen molar-refractivity contribution in [3.63, 3.8) is 0 Å². The second kappa shape index (κ2) is 39.4. The molecule has 18 nitrogen and oxygen atoms in total. The van der Waals surface area contributed by atoms with E-state index in [2.05, 4.69) is 34.5 Å². The van der Waals surface area contributed by atoms with Crippen LogP contribution >= 0.6 is 0 Å². The molecule has 2 rings (SSSR count). The van der Waals surface area contributed by atoms with E-state index >= 15 is 0 Å². The van der Waals surface area contributed by atoms with Gasteiger partial charge in [0.2, 0.25) is 0 Å². The topological polar surface area (TPSA) is 224 Å². The lowest BCUT2D eigenvalue weighted by Crippen LogP contribution is -2.54. The van der Waals surface area contributed by atoms with Crippen LogP contribution in [0.15, 0.2) is 48.5 Å². The molecule has 0 heterocycles. The van der Waals surface area contributed by atoms with Gasteiger partial charge in [0.25, 0.3) is 0 Å². The molecule has 0 amide bonds. The van der Waals surface area contributed by atoms with Crippen molar-refractivity contribution in [1.82, 2.24) is 10.2 Å². The van der Waals surface area contributed by atoms with Gasteiger partial charge in [-0.15, -0.1) is 0 Å². The molecule has 8 N–H and O–H groups in total. The van der Waals surface area contributed by atoms with Crippen LogP contribution in [-0.2, 0) is 66.1 Å². The van der Waals surface area contributed by atoms with Gasteiger partial charge in [0, 0.05) is 139 Å². The third-order valence-corrected chi connectivity index (χ3v) is 21.2. The molecule has 0 radical (unpaired) electrons. The van der Waals surface area contributed by atoms with Crippen LogP contribution in [-0.4, -0.2) is 175 Å². The second-order valence-electron chi connectivity index (χ2n) is 14.0. The van der Waals surface area contributed by atoms with Gasteiger partial charge in [-0.2, -0.15) is 0 Å². The number of aliphatic hydroxyl groups excluding tert-OH is 1. The van der Waals surface area contributed by atoms with Crippen molar-refractivity contribution in [2.75, 3.05) is 136 Å². The van der Waals surface area contributed by atoms with Gasteiger partial charge in [-0.1, -0.05) is 36.4 Å². The fourth-order valence-corrected chi connectivity index (χ4v) is 14.1. The van der Waals surface area contributed by atoms with E-state index in [0.29, 0.717) is 38.6 Å². The normalized spacial score (nSPS) is 12.0. The Bertz CT molecular complexity index is 1320. The highest BCUT2D eigenvalue weighted by atomic mass is 28.4. The number of aliphatic hydroxyl groups is 1. The minimum atomic E-state index is -2.67. The molecule has 2 aromatic carbocycles. The fraction of sp³-hybridized carbons (Fsp3) is 0.714. The molecule has 0 saturated carbocycles. The third-order valence-electron chi connectivity index (χ3n) is 9.83. The first kappa shape index (κ1) is 64.5. The quantitative estimate of drug-likeness (QED) is 0.0392. The maximum Gasteiger partial charge on any atom is 0.536 e. The highest BCUT2D eigenvalue weighted by Crippen LogP contribution is 2.20. The average Bonchev–Trinajstić information content (AvgIpc) is 3.31. The Hall–Kier alpha value is -1.57.